The van der Waals surface area contributed by atoms with Crippen molar-refractivity contribution in [3.05, 3.63) is 56.7 Å². The van der Waals surface area contributed by atoms with Crippen LogP contribution in [0.5, 0.6) is 5.75 Å². The summed E-state index contributed by atoms with van der Waals surface area (Å²) in [6.45, 7) is 2.76. The molecular weight excluding hydrogens is 391 g/mol. The van der Waals surface area contributed by atoms with Crippen molar-refractivity contribution < 1.29 is 4.74 Å². The van der Waals surface area contributed by atoms with Crippen LogP contribution in [0.2, 0.25) is 10.0 Å². The highest BCUT2D eigenvalue weighted by molar-refractivity contribution is 7.99. The van der Waals surface area contributed by atoms with Crippen molar-refractivity contribution in [1.29, 1.82) is 0 Å². The fraction of sp³-hybridized carbons (Fsp3) is 0.263. The molecular formula is C19H18Cl2N2O2S. The largest absolute Gasteiger partial charge is 0.494 e. The number of para-hydroxylation sites is 1. The summed E-state index contributed by atoms with van der Waals surface area (Å²) < 4.78 is 7.29. The molecule has 0 aliphatic heterocycles. The standard InChI is InChI=1S/C19H18Cl2N2O2S/c1-3-26-11-10-23-18-13(7-5-9-15(18)25-2)19(24)17(22-23)12-6-4-8-14(20)16(12)21/h4-9H,3,10-11H2,1-2H3. The van der Waals surface area contributed by atoms with Crippen LogP contribution < -0.4 is 10.2 Å². The summed E-state index contributed by atoms with van der Waals surface area (Å²) in [5.41, 5.74) is 1.33. The fourth-order valence-electron chi connectivity index (χ4n) is 2.80. The number of hydrogen-bond donors (Lipinski definition) is 0. The second kappa shape index (κ2) is 8.33. The predicted molar refractivity (Wildman–Crippen MR) is 111 cm³/mol. The molecule has 0 bridgehead atoms. The first-order chi connectivity index (χ1) is 12.6. The van der Waals surface area contributed by atoms with Crippen LogP contribution in [0.15, 0.2) is 41.2 Å². The lowest BCUT2D eigenvalue weighted by molar-refractivity contribution is 0.416. The smallest absolute Gasteiger partial charge is 0.216 e. The van der Waals surface area contributed by atoms with Gasteiger partial charge < -0.3 is 4.74 Å². The van der Waals surface area contributed by atoms with Gasteiger partial charge in [-0.3, -0.25) is 9.48 Å². The molecule has 0 fully saturated rings. The third-order valence-electron chi connectivity index (χ3n) is 4.02. The monoisotopic (exact) mass is 408 g/mol. The quantitative estimate of drug-likeness (QED) is 0.530. The number of fused-ring (bicyclic) bond motifs is 1. The number of ether oxygens (including phenoxy) is 1. The molecule has 7 heteroatoms. The molecule has 0 aliphatic carbocycles. The zero-order valence-corrected chi connectivity index (χ0v) is 16.8. The van der Waals surface area contributed by atoms with Crippen LogP contribution >= 0.6 is 35.0 Å². The Kier molecular flexibility index (Phi) is 6.12. The number of aromatic nitrogens is 2. The van der Waals surface area contributed by atoms with E-state index in [0.29, 0.717) is 44.5 Å². The second-order valence-corrected chi connectivity index (χ2v) is 7.73. The summed E-state index contributed by atoms with van der Waals surface area (Å²) in [7, 11) is 1.59. The zero-order chi connectivity index (χ0) is 18.7. The molecule has 0 saturated heterocycles. The highest BCUT2D eigenvalue weighted by atomic mass is 35.5. The normalized spacial score (nSPS) is 11.1. The van der Waals surface area contributed by atoms with E-state index in [1.54, 1.807) is 37.4 Å². The minimum absolute atomic E-state index is 0.192. The Morgan fingerprint density at radius 1 is 1.19 bits per heavy atom. The number of rotatable bonds is 6. The van der Waals surface area contributed by atoms with Crippen molar-refractivity contribution in [1.82, 2.24) is 9.78 Å². The highest BCUT2D eigenvalue weighted by Crippen LogP contribution is 2.32. The van der Waals surface area contributed by atoms with Gasteiger partial charge in [-0.15, -0.1) is 0 Å². The minimum atomic E-state index is -0.192. The average Bonchev–Trinajstić information content (AvgIpc) is 2.66. The molecule has 3 aromatic rings. The average molecular weight is 409 g/mol. The van der Waals surface area contributed by atoms with Crippen LogP contribution in [-0.4, -0.2) is 28.4 Å². The third-order valence-corrected chi connectivity index (χ3v) is 5.71. The van der Waals surface area contributed by atoms with Gasteiger partial charge in [0, 0.05) is 11.3 Å². The molecule has 0 aliphatic rings. The summed E-state index contributed by atoms with van der Waals surface area (Å²) in [5.74, 6) is 2.52. The van der Waals surface area contributed by atoms with E-state index in [2.05, 4.69) is 12.0 Å². The molecule has 0 unspecified atom stereocenters. The van der Waals surface area contributed by atoms with E-state index < -0.39 is 0 Å². The number of thioether (sulfide) groups is 1. The maximum Gasteiger partial charge on any atom is 0.216 e. The van der Waals surface area contributed by atoms with Crippen LogP contribution in [0.4, 0.5) is 0 Å². The van der Waals surface area contributed by atoms with Crippen molar-refractivity contribution in [3.63, 3.8) is 0 Å². The third kappa shape index (κ3) is 3.56. The number of nitrogens with zero attached hydrogens (tertiary/aromatic N) is 2. The summed E-state index contributed by atoms with van der Waals surface area (Å²) >= 11 is 14.3. The van der Waals surface area contributed by atoms with Gasteiger partial charge in [0.2, 0.25) is 5.43 Å². The van der Waals surface area contributed by atoms with Crippen LogP contribution in [0, 0.1) is 0 Å². The fourth-order valence-corrected chi connectivity index (χ4v) is 3.78. The van der Waals surface area contributed by atoms with Crippen molar-refractivity contribution in [2.75, 3.05) is 18.6 Å². The maximum atomic E-state index is 13.1. The molecule has 0 N–H and O–H groups in total. The van der Waals surface area contributed by atoms with Crippen molar-refractivity contribution in [2.45, 2.75) is 13.5 Å². The van der Waals surface area contributed by atoms with E-state index in [9.17, 15) is 4.79 Å². The maximum absolute atomic E-state index is 13.1. The molecule has 26 heavy (non-hydrogen) atoms. The van der Waals surface area contributed by atoms with E-state index in [1.165, 1.54) is 0 Å². The molecule has 4 nitrogen and oxygen atoms in total. The number of benzene rings is 2. The molecule has 0 saturated carbocycles. The first-order valence-corrected chi connectivity index (χ1v) is 10.1. The SMILES string of the molecule is CCSCCn1nc(-c2cccc(Cl)c2Cl)c(=O)c2cccc(OC)c21. The van der Waals surface area contributed by atoms with Crippen molar-refractivity contribution >= 4 is 45.9 Å². The molecule has 0 atom stereocenters. The Balaban J connectivity index is 2.30. The highest BCUT2D eigenvalue weighted by Gasteiger charge is 2.18. The van der Waals surface area contributed by atoms with E-state index in [1.807, 2.05) is 22.5 Å². The minimum Gasteiger partial charge on any atom is -0.494 e. The van der Waals surface area contributed by atoms with Gasteiger partial charge in [-0.1, -0.05) is 48.3 Å². The van der Waals surface area contributed by atoms with Gasteiger partial charge in [0.05, 0.1) is 29.1 Å². The molecule has 0 radical (unpaired) electrons. The Hall–Kier alpha value is -1.69. The molecule has 0 spiro atoms. The lowest BCUT2D eigenvalue weighted by atomic mass is 10.1. The zero-order valence-electron chi connectivity index (χ0n) is 14.5. The van der Waals surface area contributed by atoms with Gasteiger partial charge in [0.1, 0.15) is 17.0 Å². The lowest BCUT2D eigenvalue weighted by Gasteiger charge is -2.15. The van der Waals surface area contributed by atoms with E-state index in [4.69, 9.17) is 27.9 Å². The van der Waals surface area contributed by atoms with E-state index in [0.717, 1.165) is 11.5 Å². The molecule has 1 aromatic heterocycles. The van der Waals surface area contributed by atoms with Crippen molar-refractivity contribution in [3.8, 4) is 17.0 Å². The Labute approximate surface area is 166 Å². The van der Waals surface area contributed by atoms with Gasteiger partial charge in [-0.2, -0.15) is 16.9 Å². The van der Waals surface area contributed by atoms with Crippen molar-refractivity contribution in [2.24, 2.45) is 0 Å². The number of halogens is 2. The van der Waals surface area contributed by atoms with Gasteiger partial charge in [0.15, 0.2) is 0 Å². The number of hydrogen-bond acceptors (Lipinski definition) is 4. The molecule has 2 aromatic carbocycles. The molecule has 136 valence electrons. The van der Waals surface area contributed by atoms with Crippen LogP contribution in [0.1, 0.15) is 6.92 Å². The van der Waals surface area contributed by atoms with Gasteiger partial charge in [0.25, 0.3) is 0 Å². The van der Waals surface area contributed by atoms with Gasteiger partial charge >= 0.3 is 0 Å². The van der Waals surface area contributed by atoms with Crippen LogP contribution in [-0.2, 0) is 6.54 Å². The second-order valence-electron chi connectivity index (χ2n) is 5.56. The molecule has 1 heterocycles. The first kappa shape index (κ1) is 19.1. The summed E-state index contributed by atoms with van der Waals surface area (Å²) in [6, 6.07) is 10.6. The number of aryl methyl sites for hydroxylation is 1. The lowest BCUT2D eigenvalue weighted by Crippen LogP contribution is -2.18. The Morgan fingerprint density at radius 3 is 2.69 bits per heavy atom. The summed E-state index contributed by atoms with van der Waals surface area (Å²) in [6.07, 6.45) is 0. The molecule has 0 amide bonds. The topological polar surface area (TPSA) is 44.1 Å². The van der Waals surface area contributed by atoms with Gasteiger partial charge in [-0.25, -0.2) is 0 Å². The Bertz CT molecular complexity index is 1000. The Morgan fingerprint density at radius 2 is 1.96 bits per heavy atom. The predicted octanol–water partition coefficient (Wildman–Crippen LogP) is 5.13. The number of methoxy groups -OCH3 is 1. The first-order valence-electron chi connectivity index (χ1n) is 8.18. The van der Waals surface area contributed by atoms with Crippen LogP contribution in [0.3, 0.4) is 0 Å². The van der Waals surface area contributed by atoms with Crippen LogP contribution in [0.25, 0.3) is 22.2 Å². The van der Waals surface area contributed by atoms with E-state index >= 15 is 0 Å². The van der Waals surface area contributed by atoms with Gasteiger partial charge in [-0.05, 0) is 24.0 Å². The molecule has 3 rings (SSSR count). The summed E-state index contributed by atoms with van der Waals surface area (Å²) in [5, 5.41) is 5.89. The van der Waals surface area contributed by atoms with E-state index in [-0.39, 0.29) is 5.43 Å². The summed E-state index contributed by atoms with van der Waals surface area (Å²) in [4.78, 5) is 13.1.